The number of halogens is 1. The lowest BCUT2D eigenvalue weighted by molar-refractivity contribution is -0.139. The van der Waals surface area contributed by atoms with Crippen LogP contribution in [0.1, 0.15) is 27.0 Å². The predicted octanol–water partition coefficient (Wildman–Crippen LogP) is 1.77. The molecule has 1 amide bonds. The van der Waals surface area contributed by atoms with E-state index in [0.29, 0.717) is 4.88 Å². The molecule has 1 aromatic rings. The molecule has 1 aromatic heterocycles. The highest BCUT2D eigenvalue weighted by Crippen LogP contribution is 2.22. The minimum Gasteiger partial charge on any atom is -0.480 e. The first-order chi connectivity index (χ1) is 7.99. The third kappa shape index (κ3) is 3.26. The highest BCUT2D eigenvalue weighted by atomic mass is 32.1. The van der Waals surface area contributed by atoms with Crippen LogP contribution in [0.3, 0.4) is 0 Å². The van der Waals surface area contributed by atoms with E-state index in [1.54, 1.807) is 6.07 Å². The average Bonchev–Trinajstić information content (AvgIpc) is 2.66. The van der Waals surface area contributed by atoms with Gasteiger partial charge in [0.1, 0.15) is 6.67 Å². The molecular weight excluding hydrogens is 245 g/mol. The second-order valence-corrected chi connectivity index (χ2v) is 4.73. The summed E-state index contributed by atoms with van der Waals surface area (Å²) in [4.78, 5) is 23.7. The van der Waals surface area contributed by atoms with Crippen molar-refractivity contribution in [2.75, 3.05) is 6.67 Å². The third-order valence-corrected chi connectivity index (χ3v) is 3.70. The molecule has 0 fully saturated rings. The van der Waals surface area contributed by atoms with Crippen LogP contribution in [0.4, 0.5) is 4.39 Å². The first-order valence-corrected chi connectivity index (χ1v) is 6.00. The van der Waals surface area contributed by atoms with Crippen molar-refractivity contribution in [2.45, 2.75) is 26.3 Å². The standard InChI is InChI=1S/C11H14FNO3S/c1-3-8-6(2)4-9(17-8)10(14)13-7(5-12)11(15)16/h4,7H,3,5H2,1-2H3,(H,13,14)(H,15,16). The van der Waals surface area contributed by atoms with E-state index in [1.807, 2.05) is 13.8 Å². The van der Waals surface area contributed by atoms with Gasteiger partial charge in [-0.3, -0.25) is 4.79 Å². The van der Waals surface area contributed by atoms with Gasteiger partial charge in [-0.15, -0.1) is 11.3 Å². The average molecular weight is 259 g/mol. The number of rotatable bonds is 5. The van der Waals surface area contributed by atoms with Gasteiger partial charge in [-0.25, -0.2) is 9.18 Å². The van der Waals surface area contributed by atoms with E-state index in [2.05, 4.69) is 5.32 Å². The number of carbonyl (C=O) groups is 2. The second-order valence-electron chi connectivity index (χ2n) is 3.59. The maximum atomic E-state index is 12.3. The van der Waals surface area contributed by atoms with E-state index in [1.165, 1.54) is 11.3 Å². The lowest BCUT2D eigenvalue weighted by Gasteiger charge is -2.09. The number of carboxylic acid groups (broad SMARTS) is 1. The van der Waals surface area contributed by atoms with Crippen LogP contribution in [0.5, 0.6) is 0 Å². The monoisotopic (exact) mass is 259 g/mol. The van der Waals surface area contributed by atoms with E-state index in [9.17, 15) is 14.0 Å². The number of alkyl halides is 1. The van der Waals surface area contributed by atoms with Gasteiger partial charge in [0.25, 0.3) is 5.91 Å². The zero-order chi connectivity index (χ0) is 13.0. The zero-order valence-electron chi connectivity index (χ0n) is 9.62. The van der Waals surface area contributed by atoms with Crippen molar-refractivity contribution >= 4 is 23.2 Å². The zero-order valence-corrected chi connectivity index (χ0v) is 10.4. The molecule has 94 valence electrons. The SMILES string of the molecule is CCc1sc(C(=O)NC(CF)C(=O)O)cc1C. The quantitative estimate of drug-likeness (QED) is 0.847. The Kier molecular flexibility index (Phi) is 4.62. The Balaban J connectivity index is 2.78. The van der Waals surface area contributed by atoms with Crippen molar-refractivity contribution in [3.05, 3.63) is 21.4 Å². The second kappa shape index (κ2) is 5.77. The minimum atomic E-state index is -1.48. The van der Waals surface area contributed by atoms with Gasteiger partial charge in [0.05, 0.1) is 4.88 Å². The number of aryl methyl sites for hydroxylation is 2. The van der Waals surface area contributed by atoms with Crippen LogP contribution in [-0.2, 0) is 11.2 Å². The molecule has 0 bridgehead atoms. The van der Waals surface area contributed by atoms with Crippen molar-refractivity contribution in [1.29, 1.82) is 0 Å². The molecule has 0 saturated heterocycles. The lowest BCUT2D eigenvalue weighted by atomic mass is 10.2. The summed E-state index contributed by atoms with van der Waals surface area (Å²) in [6, 6.07) is 0.214. The number of carbonyl (C=O) groups excluding carboxylic acids is 1. The van der Waals surface area contributed by atoms with E-state index < -0.39 is 24.6 Å². The molecule has 0 aliphatic heterocycles. The first kappa shape index (κ1) is 13.6. The Hall–Kier alpha value is -1.43. The molecule has 0 aromatic carbocycles. The van der Waals surface area contributed by atoms with Gasteiger partial charge in [0.15, 0.2) is 6.04 Å². The molecular formula is C11H14FNO3S. The third-order valence-electron chi connectivity index (χ3n) is 2.32. The Bertz CT molecular complexity index is 430. The molecule has 0 aliphatic carbocycles. The van der Waals surface area contributed by atoms with Crippen LogP contribution in [0.25, 0.3) is 0 Å². The molecule has 0 spiro atoms. The summed E-state index contributed by atoms with van der Waals surface area (Å²) in [6.45, 7) is 2.74. The number of aliphatic carboxylic acids is 1. The molecule has 0 radical (unpaired) electrons. The lowest BCUT2D eigenvalue weighted by Crippen LogP contribution is -2.42. The Morgan fingerprint density at radius 2 is 2.24 bits per heavy atom. The van der Waals surface area contributed by atoms with Crippen molar-refractivity contribution in [1.82, 2.24) is 5.32 Å². The van der Waals surface area contributed by atoms with Crippen LogP contribution in [0.15, 0.2) is 6.07 Å². The van der Waals surface area contributed by atoms with Crippen LogP contribution < -0.4 is 5.32 Å². The Morgan fingerprint density at radius 3 is 2.65 bits per heavy atom. The van der Waals surface area contributed by atoms with Crippen LogP contribution in [0.2, 0.25) is 0 Å². The Labute approximate surface area is 102 Å². The van der Waals surface area contributed by atoms with Crippen LogP contribution in [-0.4, -0.2) is 29.7 Å². The summed E-state index contributed by atoms with van der Waals surface area (Å²) >= 11 is 1.30. The molecule has 4 nitrogen and oxygen atoms in total. The molecule has 6 heteroatoms. The number of thiophene rings is 1. The van der Waals surface area contributed by atoms with Crippen molar-refractivity contribution in [3.63, 3.8) is 0 Å². The number of hydrogen-bond donors (Lipinski definition) is 2. The molecule has 1 heterocycles. The fourth-order valence-corrected chi connectivity index (χ4v) is 2.40. The number of amides is 1. The van der Waals surface area contributed by atoms with Gasteiger partial charge >= 0.3 is 5.97 Å². The number of hydrogen-bond acceptors (Lipinski definition) is 3. The van der Waals surface area contributed by atoms with Crippen LogP contribution >= 0.6 is 11.3 Å². The van der Waals surface area contributed by atoms with Gasteiger partial charge in [-0.1, -0.05) is 6.92 Å². The van der Waals surface area contributed by atoms with Gasteiger partial charge < -0.3 is 10.4 Å². The summed E-state index contributed by atoms with van der Waals surface area (Å²) in [5, 5.41) is 10.8. The molecule has 0 saturated carbocycles. The fraction of sp³-hybridized carbons (Fsp3) is 0.455. The molecule has 17 heavy (non-hydrogen) atoms. The maximum Gasteiger partial charge on any atom is 0.328 e. The maximum absolute atomic E-state index is 12.3. The van der Waals surface area contributed by atoms with Crippen LogP contribution in [0, 0.1) is 6.92 Å². The molecule has 0 aliphatic rings. The van der Waals surface area contributed by atoms with E-state index in [-0.39, 0.29) is 0 Å². The Morgan fingerprint density at radius 1 is 1.59 bits per heavy atom. The molecule has 1 unspecified atom stereocenters. The highest BCUT2D eigenvalue weighted by Gasteiger charge is 2.21. The summed E-state index contributed by atoms with van der Waals surface area (Å²) < 4.78 is 12.3. The van der Waals surface area contributed by atoms with Gasteiger partial charge in [0.2, 0.25) is 0 Å². The summed E-state index contributed by atoms with van der Waals surface area (Å²) in [5.74, 6) is -1.91. The normalized spacial score (nSPS) is 12.2. The van der Waals surface area contributed by atoms with E-state index in [4.69, 9.17) is 5.11 Å². The molecule has 1 rings (SSSR count). The summed E-state index contributed by atoms with van der Waals surface area (Å²) in [6.07, 6.45) is 0.815. The first-order valence-electron chi connectivity index (χ1n) is 5.18. The largest absolute Gasteiger partial charge is 0.480 e. The highest BCUT2D eigenvalue weighted by molar-refractivity contribution is 7.14. The van der Waals surface area contributed by atoms with Gasteiger partial charge in [0, 0.05) is 4.88 Å². The van der Waals surface area contributed by atoms with Crippen molar-refractivity contribution in [2.24, 2.45) is 0 Å². The predicted molar refractivity (Wildman–Crippen MR) is 63.3 cm³/mol. The topological polar surface area (TPSA) is 66.4 Å². The van der Waals surface area contributed by atoms with Gasteiger partial charge in [-0.2, -0.15) is 0 Å². The minimum absolute atomic E-state index is 0.416. The smallest absolute Gasteiger partial charge is 0.328 e. The van der Waals surface area contributed by atoms with Crippen molar-refractivity contribution < 1.29 is 19.1 Å². The number of carboxylic acids is 1. The van der Waals surface area contributed by atoms with Gasteiger partial charge in [-0.05, 0) is 25.0 Å². The molecule has 2 N–H and O–H groups in total. The van der Waals surface area contributed by atoms with E-state index in [0.717, 1.165) is 16.9 Å². The van der Waals surface area contributed by atoms with Crippen molar-refractivity contribution in [3.8, 4) is 0 Å². The fourth-order valence-electron chi connectivity index (χ4n) is 1.38. The molecule has 1 atom stereocenters. The number of nitrogens with one attached hydrogen (secondary N) is 1. The summed E-state index contributed by atoms with van der Waals surface area (Å²) in [5.41, 5.74) is 0.995. The summed E-state index contributed by atoms with van der Waals surface area (Å²) in [7, 11) is 0. The van der Waals surface area contributed by atoms with E-state index >= 15 is 0 Å².